The van der Waals surface area contributed by atoms with Gasteiger partial charge in [0.25, 0.3) is 0 Å². The lowest BCUT2D eigenvalue weighted by Crippen LogP contribution is -2.49. The number of thiophene rings is 1. The van der Waals surface area contributed by atoms with Crippen LogP contribution in [0, 0.1) is 5.41 Å². The molecule has 0 amide bonds. The van der Waals surface area contributed by atoms with Gasteiger partial charge in [0.2, 0.25) is 0 Å². The van der Waals surface area contributed by atoms with Crippen molar-refractivity contribution in [1.82, 2.24) is 5.32 Å². The predicted octanol–water partition coefficient (Wildman–Crippen LogP) is 2.70. The van der Waals surface area contributed by atoms with E-state index >= 15 is 0 Å². The van der Waals surface area contributed by atoms with Gasteiger partial charge in [-0.25, -0.2) is 0 Å². The minimum atomic E-state index is 0.378. The van der Waals surface area contributed by atoms with E-state index in [1.807, 2.05) is 11.3 Å². The van der Waals surface area contributed by atoms with Crippen LogP contribution in [0.4, 0.5) is 0 Å². The molecule has 3 heteroatoms. The maximum absolute atomic E-state index is 5.27. The molecule has 2 rings (SSSR count). The van der Waals surface area contributed by atoms with Crippen LogP contribution in [0.15, 0.2) is 17.5 Å². The first kappa shape index (κ1) is 12.1. The molecule has 0 radical (unpaired) electrons. The Balaban J connectivity index is 1.77. The topological polar surface area (TPSA) is 21.3 Å². The second-order valence-electron chi connectivity index (χ2n) is 5.07. The van der Waals surface area contributed by atoms with E-state index < -0.39 is 0 Å². The summed E-state index contributed by atoms with van der Waals surface area (Å²) in [7, 11) is 0. The van der Waals surface area contributed by atoms with Gasteiger partial charge in [-0.3, -0.25) is 0 Å². The highest BCUT2D eigenvalue weighted by molar-refractivity contribution is 7.09. The molecule has 1 N–H and O–H groups in total. The minimum absolute atomic E-state index is 0.378. The highest BCUT2D eigenvalue weighted by Gasteiger charge is 2.33. The van der Waals surface area contributed by atoms with E-state index in [9.17, 15) is 0 Å². The van der Waals surface area contributed by atoms with Gasteiger partial charge in [-0.05, 0) is 24.3 Å². The molecule has 0 spiro atoms. The largest absolute Gasteiger partial charge is 0.380 e. The molecular weight excluding hydrogens is 218 g/mol. The Morgan fingerprint density at radius 2 is 2.38 bits per heavy atom. The summed E-state index contributed by atoms with van der Waals surface area (Å²) in [5.41, 5.74) is 0.378. The average Bonchev–Trinajstić information content (AvgIpc) is 2.74. The Bertz CT molecular complexity index is 306. The molecule has 1 aromatic heterocycles. The highest BCUT2D eigenvalue weighted by atomic mass is 32.1. The second kappa shape index (κ2) is 5.30. The molecular formula is C13H21NOS. The van der Waals surface area contributed by atoms with E-state index in [4.69, 9.17) is 4.74 Å². The molecule has 1 unspecified atom stereocenters. The standard InChI is InChI=1S/C13H21NOS/c1-3-11(7-12-5-4-6-16-12)14-8-13(2)9-15-10-13/h4-6,11,14H,3,7-10H2,1-2H3. The summed E-state index contributed by atoms with van der Waals surface area (Å²) in [6.07, 6.45) is 2.35. The molecule has 0 saturated carbocycles. The lowest BCUT2D eigenvalue weighted by Gasteiger charge is -2.39. The van der Waals surface area contributed by atoms with Crippen LogP contribution in [-0.2, 0) is 11.2 Å². The third-order valence-corrected chi connectivity index (χ3v) is 4.14. The fraction of sp³-hybridized carbons (Fsp3) is 0.692. The van der Waals surface area contributed by atoms with Crippen molar-refractivity contribution in [2.75, 3.05) is 19.8 Å². The van der Waals surface area contributed by atoms with E-state index in [1.165, 1.54) is 11.3 Å². The summed E-state index contributed by atoms with van der Waals surface area (Å²) in [5.74, 6) is 0. The van der Waals surface area contributed by atoms with Crippen LogP contribution in [0.1, 0.15) is 25.1 Å². The quantitative estimate of drug-likeness (QED) is 0.824. The zero-order valence-electron chi connectivity index (χ0n) is 10.2. The molecule has 90 valence electrons. The smallest absolute Gasteiger partial charge is 0.0554 e. The molecule has 1 aromatic rings. The third-order valence-electron chi connectivity index (χ3n) is 3.24. The van der Waals surface area contributed by atoms with Crippen molar-refractivity contribution in [3.8, 4) is 0 Å². The zero-order chi connectivity index (χ0) is 11.4. The number of hydrogen-bond acceptors (Lipinski definition) is 3. The van der Waals surface area contributed by atoms with Crippen LogP contribution in [0.2, 0.25) is 0 Å². The van der Waals surface area contributed by atoms with Crippen LogP contribution in [0.3, 0.4) is 0 Å². The average molecular weight is 239 g/mol. The number of nitrogens with one attached hydrogen (secondary N) is 1. The zero-order valence-corrected chi connectivity index (χ0v) is 11.0. The highest BCUT2D eigenvalue weighted by Crippen LogP contribution is 2.25. The number of ether oxygens (including phenoxy) is 1. The molecule has 0 aliphatic carbocycles. The van der Waals surface area contributed by atoms with Gasteiger partial charge in [0.05, 0.1) is 13.2 Å². The molecule has 1 fully saturated rings. The molecule has 2 nitrogen and oxygen atoms in total. The van der Waals surface area contributed by atoms with Gasteiger partial charge in [-0.1, -0.05) is 19.9 Å². The second-order valence-corrected chi connectivity index (χ2v) is 6.11. The Labute approximate surface area is 102 Å². The number of hydrogen-bond donors (Lipinski definition) is 1. The summed E-state index contributed by atoms with van der Waals surface area (Å²) in [5, 5.41) is 5.83. The summed E-state index contributed by atoms with van der Waals surface area (Å²) in [6.45, 7) is 7.45. The monoisotopic (exact) mass is 239 g/mol. The first-order valence-electron chi connectivity index (χ1n) is 6.05. The van der Waals surface area contributed by atoms with Crippen molar-refractivity contribution in [2.45, 2.75) is 32.7 Å². The fourth-order valence-corrected chi connectivity index (χ4v) is 2.76. The molecule has 1 aliphatic heterocycles. The van der Waals surface area contributed by atoms with Crippen LogP contribution in [-0.4, -0.2) is 25.8 Å². The Kier molecular flexibility index (Phi) is 4.00. The molecule has 0 bridgehead atoms. The predicted molar refractivity (Wildman–Crippen MR) is 69.0 cm³/mol. The van der Waals surface area contributed by atoms with Gasteiger partial charge >= 0.3 is 0 Å². The van der Waals surface area contributed by atoms with Gasteiger partial charge in [-0.2, -0.15) is 0 Å². The Hall–Kier alpha value is -0.380. The van der Waals surface area contributed by atoms with E-state index in [1.54, 1.807) is 0 Å². The van der Waals surface area contributed by atoms with Gasteiger partial charge < -0.3 is 10.1 Å². The van der Waals surface area contributed by atoms with Crippen molar-refractivity contribution >= 4 is 11.3 Å². The molecule has 2 heterocycles. The van der Waals surface area contributed by atoms with Gasteiger partial charge in [0, 0.05) is 22.9 Å². The summed E-state index contributed by atoms with van der Waals surface area (Å²) in [4.78, 5) is 1.48. The van der Waals surface area contributed by atoms with E-state index in [2.05, 4.69) is 36.7 Å². The lowest BCUT2D eigenvalue weighted by molar-refractivity contribution is -0.1000. The normalized spacial score (nSPS) is 20.4. The summed E-state index contributed by atoms with van der Waals surface area (Å²) < 4.78 is 5.27. The van der Waals surface area contributed by atoms with E-state index in [-0.39, 0.29) is 0 Å². The molecule has 16 heavy (non-hydrogen) atoms. The first-order valence-corrected chi connectivity index (χ1v) is 6.93. The van der Waals surface area contributed by atoms with Gasteiger partial charge in [0.15, 0.2) is 0 Å². The maximum Gasteiger partial charge on any atom is 0.0554 e. The SMILES string of the molecule is CCC(Cc1cccs1)NCC1(C)COC1. The number of rotatable bonds is 6. The van der Waals surface area contributed by atoms with Crippen molar-refractivity contribution in [3.05, 3.63) is 22.4 Å². The Morgan fingerprint density at radius 3 is 2.88 bits per heavy atom. The van der Waals surface area contributed by atoms with Crippen LogP contribution < -0.4 is 5.32 Å². The lowest BCUT2D eigenvalue weighted by atomic mass is 9.88. The molecule has 1 aliphatic rings. The summed E-state index contributed by atoms with van der Waals surface area (Å²) >= 11 is 1.86. The van der Waals surface area contributed by atoms with E-state index in [0.717, 1.165) is 26.2 Å². The van der Waals surface area contributed by atoms with Crippen molar-refractivity contribution in [3.63, 3.8) is 0 Å². The van der Waals surface area contributed by atoms with Gasteiger partial charge in [0.1, 0.15) is 0 Å². The van der Waals surface area contributed by atoms with Crippen LogP contribution in [0.25, 0.3) is 0 Å². The minimum Gasteiger partial charge on any atom is -0.380 e. The Morgan fingerprint density at radius 1 is 1.56 bits per heavy atom. The van der Waals surface area contributed by atoms with Crippen molar-refractivity contribution in [2.24, 2.45) is 5.41 Å². The summed E-state index contributed by atoms with van der Waals surface area (Å²) in [6, 6.07) is 4.97. The maximum atomic E-state index is 5.27. The van der Waals surface area contributed by atoms with Crippen LogP contribution in [0.5, 0.6) is 0 Å². The third kappa shape index (κ3) is 3.06. The molecule has 1 saturated heterocycles. The van der Waals surface area contributed by atoms with Gasteiger partial charge in [-0.15, -0.1) is 11.3 Å². The first-order chi connectivity index (χ1) is 7.72. The fourth-order valence-electron chi connectivity index (χ4n) is 1.98. The van der Waals surface area contributed by atoms with E-state index in [0.29, 0.717) is 11.5 Å². The van der Waals surface area contributed by atoms with Crippen molar-refractivity contribution in [1.29, 1.82) is 0 Å². The molecule has 0 aromatic carbocycles. The molecule has 1 atom stereocenters. The van der Waals surface area contributed by atoms with Crippen molar-refractivity contribution < 1.29 is 4.74 Å². The van der Waals surface area contributed by atoms with Crippen LogP contribution >= 0.6 is 11.3 Å².